The Balaban J connectivity index is 3.11. The lowest BCUT2D eigenvalue weighted by molar-refractivity contribution is -0.119. The molecule has 0 saturated heterocycles. The van der Waals surface area contributed by atoms with Gasteiger partial charge in [-0.15, -0.1) is 0 Å². The van der Waals surface area contributed by atoms with Crippen molar-refractivity contribution in [2.45, 2.75) is 18.7 Å². The molecule has 0 saturated carbocycles. The Bertz CT molecular complexity index is 561. The highest BCUT2D eigenvalue weighted by Gasteiger charge is 2.20. The van der Waals surface area contributed by atoms with Gasteiger partial charge in [0.05, 0.1) is 11.4 Å². The average Bonchev–Trinajstić information content (AvgIpc) is 2.34. The fraction of sp³-hybridized carbons (Fsp3) is 0.364. The van der Waals surface area contributed by atoms with Crippen LogP contribution in [0.3, 0.4) is 0 Å². The van der Waals surface area contributed by atoms with Crippen LogP contribution in [0.5, 0.6) is 0 Å². The molecule has 0 bridgehead atoms. The number of hydrazine groups is 1. The predicted molar refractivity (Wildman–Crippen MR) is 73.0 cm³/mol. The Morgan fingerprint density at radius 1 is 1.26 bits per heavy atom. The van der Waals surface area contributed by atoms with Crippen LogP contribution in [0, 0.1) is 13.8 Å². The zero-order valence-electron chi connectivity index (χ0n) is 11.1. The number of hydrogen-bond acceptors (Lipinski definition) is 5. The molecular formula is C11H18N4O3S. The minimum absolute atomic E-state index is 0.162. The minimum atomic E-state index is -3.73. The van der Waals surface area contributed by atoms with Gasteiger partial charge in [-0.2, -0.15) is 0 Å². The van der Waals surface area contributed by atoms with Gasteiger partial charge in [0.25, 0.3) is 0 Å². The van der Waals surface area contributed by atoms with E-state index in [1.165, 1.54) is 7.05 Å². The molecule has 0 radical (unpaired) electrons. The van der Waals surface area contributed by atoms with Crippen LogP contribution in [0.15, 0.2) is 17.0 Å². The van der Waals surface area contributed by atoms with E-state index in [0.29, 0.717) is 16.8 Å². The molecule has 19 heavy (non-hydrogen) atoms. The highest BCUT2D eigenvalue weighted by molar-refractivity contribution is 7.89. The first-order chi connectivity index (χ1) is 8.81. The Morgan fingerprint density at radius 2 is 1.79 bits per heavy atom. The third-order valence-electron chi connectivity index (χ3n) is 2.60. The maximum Gasteiger partial charge on any atom is 0.241 e. The molecule has 0 aliphatic rings. The number of sulfonamides is 1. The second kappa shape index (κ2) is 6.00. The summed E-state index contributed by atoms with van der Waals surface area (Å²) < 4.78 is 26.6. The number of aryl methyl sites for hydroxylation is 2. The number of anilines is 1. The van der Waals surface area contributed by atoms with Crippen molar-refractivity contribution in [1.29, 1.82) is 0 Å². The summed E-state index contributed by atoms with van der Waals surface area (Å²) in [5, 5.41) is 2.34. The third-order valence-corrected chi connectivity index (χ3v) is 4.30. The maximum atomic E-state index is 12.2. The summed E-state index contributed by atoms with van der Waals surface area (Å²) >= 11 is 0. The lowest BCUT2D eigenvalue weighted by atomic mass is 10.1. The Kier molecular flexibility index (Phi) is 4.87. The fourth-order valence-corrected chi connectivity index (χ4v) is 3.21. The largest absolute Gasteiger partial charge is 0.358 e. The normalized spacial score (nSPS) is 11.2. The molecule has 0 unspecified atom stereocenters. The van der Waals surface area contributed by atoms with Crippen molar-refractivity contribution in [3.63, 3.8) is 0 Å². The highest BCUT2D eigenvalue weighted by atomic mass is 32.2. The van der Waals surface area contributed by atoms with E-state index in [0.717, 1.165) is 0 Å². The molecule has 106 valence electrons. The number of rotatable bonds is 5. The second-order valence-electron chi connectivity index (χ2n) is 4.08. The van der Waals surface area contributed by atoms with Crippen molar-refractivity contribution in [3.05, 3.63) is 23.3 Å². The number of benzene rings is 1. The van der Waals surface area contributed by atoms with E-state index in [9.17, 15) is 13.2 Å². The number of amides is 1. The van der Waals surface area contributed by atoms with Crippen LogP contribution in [0.25, 0.3) is 0 Å². The molecule has 0 heterocycles. The molecule has 0 aromatic heterocycles. The number of likely N-dealkylation sites (N-methyl/N-ethyl adjacent to an activating group) is 1. The topological polar surface area (TPSA) is 113 Å². The molecule has 0 aliphatic heterocycles. The van der Waals surface area contributed by atoms with Gasteiger partial charge in [-0.3, -0.25) is 10.6 Å². The second-order valence-corrected chi connectivity index (χ2v) is 5.79. The molecule has 0 atom stereocenters. The van der Waals surface area contributed by atoms with Crippen molar-refractivity contribution in [2.24, 2.45) is 5.84 Å². The first-order valence-electron chi connectivity index (χ1n) is 5.60. The number of carbonyl (C=O) groups is 1. The number of nitrogen functional groups attached to an aromatic ring is 1. The number of carbonyl (C=O) groups excluding carboxylic acids is 1. The number of hydrogen-bond donors (Lipinski definition) is 4. The van der Waals surface area contributed by atoms with Crippen LogP contribution in [0.1, 0.15) is 11.1 Å². The zero-order chi connectivity index (χ0) is 14.6. The van der Waals surface area contributed by atoms with E-state index in [4.69, 9.17) is 5.84 Å². The molecule has 1 amide bonds. The quantitative estimate of drug-likeness (QED) is 0.435. The summed E-state index contributed by atoms with van der Waals surface area (Å²) in [4.78, 5) is 11.3. The van der Waals surface area contributed by atoms with Gasteiger partial charge in [-0.05, 0) is 37.1 Å². The van der Waals surface area contributed by atoms with Gasteiger partial charge in [0.1, 0.15) is 0 Å². The maximum absolute atomic E-state index is 12.2. The van der Waals surface area contributed by atoms with E-state index in [1.54, 1.807) is 26.0 Å². The molecule has 7 nitrogen and oxygen atoms in total. The van der Waals surface area contributed by atoms with Crippen LogP contribution in [0.2, 0.25) is 0 Å². The van der Waals surface area contributed by atoms with Crippen LogP contribution >= 0.6 is 0 Å². The summed E-state index contributed by atoms with van der Waals surface area (Å²) in [5.74, 6) is 4.89. The van der Waals surface area contributed by atoms with Crippen LogP contribution in [0.4, 0.5) is 5.69 Å². The van der Waals surface area contributed by atoms with Crippen molar-refractivity contribution in [1.82, 2.24) is 10.0 Å². The molecule has 0 fully saturated rings. The van der Waals surface area contributed by atoms with Crippen molar-refractivity contribution in [3.8, 4) is 0 Å². The molecular weight excluding hydrogens is 268 g/mol. The standard InChI is InChI=1S/C11H18N4O3S/c1-7-4-9(15-12)5-8(2)11(7)19(17,18)14-6-10(16)13-3/h4-5,14-15H,6,12H2,1-3H3,(H,13,16). The highest BCUT2D eigenvalue weighted by Crippen LogP contribution is 2.23. The molecule has 1 rings (SSSR count). The lowest BCUT2D eigenvalue weighted by Crippen LogP contribution is -2.35. The third kappa shape index (κ3) is 3.66. The Morgan fingerprint density at radius 3 is 2.21 bits per heavy atom. The molecule has 1 aromatic carbocycles. The van der Waals surface area contributed by atoms with Crippen LogP contribution in [-0.2, 0) is 14.8 Å². The van der Waals surface area contributed by atoms with Gasteiger partial charge < -0.3 is 10.7 Å². The molecule has 8 heteroatoms. The molecule has 5 N–H and O–H groups in total. The van der Waals surface area contributed by atoms with Gasteiger partial charge in [-0.25, -0.2) is 13.1 Å². The fourth-order valence-electron chi connectivity index (χ4n) is 1.78. The van der Waals surface area contributed by atoms with Gasteiger partial charge >= 0.3 is 0 Å². The summed E-state index contributed by atoms with van der Waals surface area (Å²) in [7, 11) is -2.29. The van der Waals surface area contributed by atoms with Crippen LogP contribution < -0.4 is 21.3 Å². The summed E-state index contributed by atoms with van der Waals surface area (Å²) in [6.45, 7) is 3.04. The van der Waals surface area contributed by atoms with Gasteiger partial charge in [0.15, 0.2) is 0 Å². The van der Waals surface area contributed by atoms with Crippen molar-refractivity contribution >= 4 is 21.6 Å². The smallest absolute Gasteiger partial charge is 0.241 e. The molecule has 0 spiro atoms. The van der Waals surface area contributed by atoms with E-state index >= 15 is 0 Å². The number of nitrogens with two attached hydrogens (primary N) is 1. The van der Waals surface area contributed by atoms with Gasteiger partial charge in [0, 0.05) is 12.7 Å². The van der Waals surface area contributed by atoms with E-state index in [1.807, 2.05) is 0 Å². The lowest BCUT2D eigenvalue weighted by Gasteiger charge is -2.13. The Hall–Kier alpha value is -1.64. The monoisotopic (exact) mass is 286 g/mol. The predicted octanol–water partition coefficient (Wildman–Crippen LogP) is -0.387. The van der Waals surface area contributed by atoms with Crippen molar-refractivity contribution < 1.29 is 13.2 Å². The van der Waals surface area contributed by atoms with Gasteiger partial charge in [-0.1, -0.05) is 0 Å². The van der Waals surface area contributed by atoms with Gasteiger partial charge in [0.2, 0.25) is 15.9 Å². The molecule has 1 aromatic rings. The summed E-state index contributed by atoms with van der Waals surface area (Å²) in [6, 6.07) is 3.25. The SMILES string of the molecule is CNC(=O)CNS(=O)(=O)c1c(C)cc(NN)cc1C. The van der Waals surface area contributed by atoms with Crippen LogP contribution in [-0.4, -0.2) is 27.9 Å². The Labute approximate surface area is 112 Å². The van der Waals surface area contributed by atoms with E-state index < -0.39 is 15.9 Å². The summed E-state index contributed by atoms with van der Waals surface area (Å²) in [6.07, 6.45) is 0. The first kappa shape index (κ1) is 15.4. The minimum Gasteiger partial charge on any atom is -0.358 e. The van der Waals surface area contributed by atoms with Crippen molar-refractivity contribution in [2.75, 3.05) is 19.0 Å². The zero-order valence-corrected chi connectivity index (χ0v) is 11.9. The van der Waals surface area contributed by atoms with E-state index in [2.05, 4.69) is 15.5 Å². The van der Waals surface area contributed by atoms with E-state index in [-0.39, 0.29) is 11.4 Å². The first-order valence-corrected chi connectivity index (χ1v) is 7.08. The number of nitrogens with one attached hydrogen (secondary N) is 3. The average molecular weight is 286 g/mol. The summed E-state index contributed by atoms with van der Waals surface area (Å²) in [5.41, 5.74) is 4.20. The molecule has 0 aliphatic carbocycles.